The molecule has 43 heavy (non-hydrogen) atoms. The molecule has 0 atom stereocenters. The number of hydrogen-bond donors (Lipinski definition) is 0. The Labute approximate surface area is 263 Å². The molecule has 8 rings (SSSR count). The van der Waals surface area contributed by atoms with E-state index < -0.39 is 0 Å². The number of rotatable bonds is 6. The topological polar surface area (TPSA) is 0 Å². The molecule has 0 nitrogen and oxygen atoms in total. The third kappa shape index (κ3) is 5.44. The Balaban J connectivity index is 0.917. The molecule has 0 aliphatic heterocycles. The van der Waals surface area contributed by atoms with Crippen molar-refractivity contribution in [1.29, 1.82) is 0 Å². The zero-order chi connectivity index (χ0) is 28.6. The van der Waals surface area contributed by atoms with Crippen molar-refractivity contribution in [3.8, 4) is 0 Å². The van der Waals surface area contributed by atoms with Crippen molar-refractivity contribution in [3.05, 3.63) is 156 Å². The lowest BCUT2D eigenvalue weighted by Gasteiger charge is -2.03. The summed E-state index contributed by atoms with van der Waals surface area (Å²) in [6.07, 6.45) is 8.81. The molecule has 2 heterocycles. The summed E-state index contributed by atoms with van der Waals surface area (Å²) in [5.74, 6) is 0. The molecule has 0 aliphatic rings. The summed E-state index contributed by atoms with van der Waals surface area (Å²) in [5.41, 5.74) is 4.87. The van der Waals surface area contributed by atoms with E-state index in [2.05, 4.69) is 158 Å². The summed E-state index contributed by atoms with van der Waals surface area (Å²) in [7, 11) is 0. The largest absolute Gasteiger partial charge is 0.135 e. The monoisotopic (exact) mass is 602 g/mol. The smallest absolute Gasteiger partial charge is 0.0361 e. The highest BCUT2D eigenvalue weighted by Crippen LogP contribution is 2.36. The van der Waals surface area contributed by atoms with Crippen molar-refractivity contribution in [2.45, 2.75) is 9.79 Å². The van der Waals surface area contributed by atoms with Gasteiger partial charge in [-0.2, -0.15) is 0 Å². The molecule has 204 valence electrons. The second-order valence-electron chi connectivity index (χ2n) is 10.6. The van der Waals surface area contributed by atoms with Crippen LogP contribution in [0.15, 0.2) is 143 Å². The first-order valence-corrected chi connectivity index (χ1v) is 16.8. The zero-order valence-corrected chi connectivity index (χ0v) is 25.7. The highest BCUT2D eigenvalue weighted by Gasteiger charge is 2.06. The van der Waals surface area contributed by atoms with Crippen LogP contribution in [-0.4, -0.2) is 0 Å². The summed E-state index contributed by atoms with van der Waals surface area (Å²) in [6.45, 7) is 0. The molecule has 0 saturated carbocycles. The standard InChI is InChI=1S/C40H26S3/c1-3-7-37-33(5-1)35-23-17-29(25-39(35)42-37)11-9-27-13-19-31(20-14-27)41-32-21-15-28(16-22-32)10-12-30-18-24-36-34-6-2-4-8-38(34)43-40(36)26-30/h1-26H. The molecule has 0 saturated heterocycles. The first kappa shape index (κ1) is 26.2. The SMILES string of the molecule is C(=Cc1ccc2c(c1)sc1ccccc12)c1ccc(Sc2ccc(C=Cc3ccc4c(c3)sc3ccccc34)cc2)cc1. The second kappa shape index (κ2) is 11.3. The van der Waals surface area contributed by atoms with E-state index in [4.69, 9.17) is 0 Å². The van der Waals surface area contributed by atoms with Crippen LogP contribution in [0.3, 0.4) is 0 Å². The van der Waals surface area contributed by atoms with Gasteiger partial charge in [-0.1, -0.05) is 121 Å². The van der Waals surface area contributed by atoms with Gasteiger partial charge in [0.1, 0.15) is 0 Å². The van der Waals surface area contributed by atoms with Crippen LogP contribution in [0, 0.1) is 0 Å². The molecule has 0 bridgehead atoms. The van der Waals surface area contributed by atoms with Gasteiger partial charge < -0.3 is 0 Å². The normalized spacial score (nSPS) is 12.1. The second-order valence-corrected chi connectivity index (χ2v) is 13.9. The molecule has 0 N–H and O–H groups in total. The Morgan fingerprint density at radius 2 is 0.721 bits per heavy atom. The maximum Gasteiger partial charge on any atom is 0.0361 e. The van der Waals surface area contributed by atoms with Crippen molar-refractivity contribution in [2.24, 2.45) is 0 Å². The van der Waals surface area contributed by atoms with Gasteiger partial charge in [0.15, 0.2) is 0 Å². The van der Waals surface area contributed by atoms with Gasteiger partial charge in [-0.25, -0.2) is 0 Å². The van der Waals surface area contributed by atoms with E-state index in [-0.39, 0.29) is 0 Å². The summed E-state index contributed by atoms with van der Waals surface area (Å²) >= 11 is 5.52. The molecule has 0 fully saturated rings. The molecule has 3 heteroatoms. The zero-order valence-electron chi connectivity index (χ0n) is 23.2. The van der Waals surface area contributed by atoms with Crippen LogP contribution in [0.4, 0.5) is 0 Å². The maximum absolute atomic E-state index is 2.30. The summed E-state index contributed by atoms with van der Waals surface area (Å²) in [4.78, 5) is 2.48. The average Bonchev–Trinajstić information content (AvgIpc) is 3.61. The molecular weight excluding hydrogens is 577 g/mol. The fourth-order valence-corrected chi connectivity index (χ4v) is 8.63. The van der Waals surface area contributed by atoms with Gasteiger partial charge in [-0.05, 0) is 70.8 Å². The van der Waals surface area contributed by atoms with E-state index in [1.165, 1.54) is 72.4 Å². The number of thiophene rings is 2. The Kier molecular flexibility index (Phi) is 6.92. The van der Waals surface area contributed by atoms with Crippen molar-refractivity contribution >= 4 is 99.1 Å². The number of fused-ring (bicyclic) bond motifs is 6. The lowest BCUT2D eigenvalue weighted by Crippen LogP contribution is -1.78. The third-order valence-electron chi connectivity index (χ3n) is 7.74. The molecule has 0 amide bonds. The molecule has 0 radical (unpaired) electrons. The third-order valence-corrected chi connectivity index (χ3v) is 11.0. The van der Waals surface area contributed by atoms with Gasteiger partial charge in [0.25, 0.3) is 0 Å². The molecule has 6 aromatic carbocycles. The quantitative estimate of drug-likeness (QED) is 0.171. The molecule has 0 unspecified atom stereocenters. The van der Waals surface area contributed by atoms with Crippen molar-refractivity contribution in [2.75, 3.05) is 0 Å². The predicted molar refractivity (Wildman–Crippen MR) is 194 cm³/mol. The van der Waals surface area contributed by atoms with Crippen molar-refractivity contribution < 1.29 is 0 Å². The lowest BCUT2D eigenvalue weighted by atomic mass is 10.1. The number of hydrogen-bond acceptors (Lipinski definition) is 3. The van der Waals surface area contributed by atoms with E-state index in [9.17, 15) is 0 Å². The first-order chi connectivity index (χ1) is 21.2. The van der Waals surface area contributed by atoms with E-state index in [1.54, 1.807) is 11.8 Å². The van der Waals surface area contributed by atoms with Crippen LogP contribution >= 0.6 is 34.4 Å². The van der Waals surface area contributed by atoms with E-state index in [0.29, 0.717) is 0 Å². The first-order valence-electron chi connectivity index (χ1n) is 14.3. The van der Waals surface area contributed by atoms with Crippen LogP contribution in [0.1, 0.15) is 22.3 Å². The Hall–Kier alpha value is -4.41. The minimum Gasteiger partial charge on any atom is -0.135 e. The summed E-state index contributed by atoms with van der Waals surface area (Å²) in [5, 5.41) is 5.37. The molecule has 0 aliphatic carbocycles. The Morgan fingerprint density at radius 3 is 1.19 bits per heavy atom. The van der Waals surface area contributed by atoms with Gasteiger partial charge in [-0.15, -0.1) is 22.7 Å². The van der Waals surface area contributed by atoms with Crippen molar-refractivity contribution in [3.63, 3.8) is 0 Å². The highest BCUT2D eigenvalue weighted by molar-refractivity contribution is 7.99. The summed E-state index contributed by atoms with van der Waals surface area (Å²) in [6, 6.07) is 48.4. The molecular formula is C40H26S3. The fraction of sp³-hybridized carbons (Fsp3) is 0. The minimum atomic E-state index is 1.20. The van der Waals surface area contributed by atoms with Crippen molar-refractivity contribution in [1.82, 2.24) is 0 Å². The van der Waals surface area contributed by atoms with E-state index >= 15 is 0 Å². The maximum atomic E-state index is 2.30. The Bertz CT molecular complexity index is 2130. The predicted octanol–water partition coefficient (Wildman–Crippen LogP) is 12.9. The molecule has 0 spiro atoms. The minimum absolute atomic E-state index is 1.20. The number of benzene rings is 6. The van der Waals surface area contributed by atoms with Crippen LogP contribution < -0.4 is 0 Å². The molecule has 2 aromatic heterocycles. The molecule has 8 aromatic rings. The van der Waals surface area contributed by atoms with Crippen LogP contribution in [0.2, 0.25) is 0 Å². The van der Waals surface area contributed by atoms with E-state index in [0.717, 1.165) is 0 Å². The van der Waals surface area contributed by atoms with Crippen LogP contribution in [-0.2, 0) is 0 Å². The highest BCUT2D eigenvalue weighted by atomic mass is 32.2. The fourth-order valence-electron chi connectivity index (χ4n) is 5.51. The Morgan fingerprint density at radius 1 is 0.349 bits per heavy atom. The van der Waals surface area contributed by atoms with Gasteiger partial charge in [0, 0.05) is 50.1 Å². The summed E-state index contributed by atoms with van der Waals surface area (Å²) < 4.78 is 5.37. The van der Waals surface area contributed by atoms with Gasteiger partial charge >= 0.3 is 0 Å². The van der Waals surface area contributed by atoms with Gasteiger partial charge in [0.05, 0.1) is 0 Å². The van der Waals surface area contributed by atoms with Gasteiger partial charge in [-0.3, -0.25) is 0 Å². The lowest BCUT2D eigenvalue weighted by molar-refractivity contribution is 1.40. The van der Waals surface area contributed by atoms with E-state index in [1.807, 2.05) is 22.7 Å². The average molecular weight is 603 g/mol. The van der Waals surface area contributed by atoms with Crippen LogP contribution in [0.25, 0.3) is 64.6 Å². The van der Waals surface area contributed by atoms with Crippen LogP contribution in [0.5, 0.6) is 0 Å². The van der Waals surface area contributed by atoms with Gasteiger partial charge in [0.2, 0.25) is 0 Å².